The van der Waals surface area contributed by atoms with Crippen LogP contribution in [0.5, 0.6) is 0 Å². The van der Waals surface area contributed by atoms with Crippen LogP contribution < -0.4 is 0 Å². The summed E-state index contributed by atoms with van der Waals surface area (Å²) in [4.78, 5) is 15.4. The number of rotatable bonds is 6. The molecule has 0 aliphatic heterocycles. The smallest absolute Gasteiger partial charge is 0.227 e. The standard InChI is InChI=1S/C51H31N3O2/c1-3-21-38-32(13-1)15-11-23-40(38)42-31-43(41-24-12-16-33-14-2-4-22-39(33)41)49(35-18-10-20-37(30-35)51-53-45-26-6-8-28-47(45)56-51)54-48(42)34-17-9-19-36(29-34)50-52-44-25-5-7-27-46(44)55-50/h1-31H. The quantitative estimate of drug-likeness (QED) is 0.171. The van der Waals surface area contributed by atoms with Crippen LogP contribution in [0.4, 0.5) is 0 Å². The summed E-state index contributed by atoms with van der Waals surface area (Å²) >= 11 is 0. The van der Waals surface area contributed by atoms with Gasteiger partial charge in [0.25, 0.3) is 0 Å². The van der Waals surface area contributed by atoms with Gasteiger partial charge in [0.1, 0.15) is 11.0 Å². The van der Waals surface area contributed by atoms with Gasteiger partial charge in [-0.25, -0.2) is 15.0 Å². The Labute approximate surface area is 322 Å². The highest BCUT2D eigenvalue weighted by atomic mass is 16.4. The van der Waals surface area contributed by atoms with E-state index in [9.17, 15) is 0 Å². The largest absolute Gasteiger partial charge is 0.436 e. The van der Waals surface area contributed by atoms with E-state index in [-0.39, 0.29) is 0 Å². The lowest BCUT2D eigenvalue weighted by molar-refractivity contribution is 0.619. The molecule has 56 heavy (non-hydrogen) atoms. The topological polar surface area (TPSA) is 65.0 Å². The van der Waals surface area contributed by atoms with Crippen molar-refractivity contribution in [3.05, 3.63) is 188 Å². The fourth-order valence-corrected chi connectivity index (χ4v) is 7.88. The maximum atomic E-state index is 6.26. The van der Waals surface area contributed by atoms with Crippen LogP contribution in [0.2, 0.25) is 0 Å². The number of nitrogens with zero attached hydrogens (tertiary/aromatic N) is 3. The summed E-state index contributed by atoms with van der Waals surface area (Å²) < 4.78 is 12.5. The van der Waals surface area contributed by atoms with E-state index in [0.717, 1.165) is 99.6 Å². The van der Waals surface area contributed by atoms with Gasteiger partial charge < -0.3 is 8.83 Å². The molecular weight excluding hydrogens is 687 g/mol. The molecule has 0 amide bonds. The minimum atomic E-state index is 0.568. The first-order valence-corrected chi connectivity index (χ1v) is 18.7. The maximum absolute atomic E-state index is 6.26. The van der Waals surface area contributed by atoms with E-state index < -0.39 is 0 Å². The van der Waals surface area contributed by atoms with Crippen LogP contribution in [-0.2, 0) is 0 Å². The molecule has 3 heterocycles. The van der Waals surface area contributed by atoms with E-state index in [1.54, 1.807) is 0 Å². The molecule has 0 aliphatic carbocycles. The minimum absolute atomic E-state index is 0.568. The summed E-state index contributed by atoms with van der Waals surface area (Å²) in [5.74, 6) is 1.14. The van der Waals surface area contributed by atoms with Crippen molar-refractivity contribution in [2.45, 2.75) is 0 Å². The van der Waals surface area contributed by atoms with Gasteiger partial charge >= 0.3 is 0 Å². The molecule has 0 radical (unpaired) electrons. The van der Waals surface area contributed by atoms with E-state index in [1.165, 1.54) is 0 Å². The number of para-hydroxylation sites is 4. The number of fused-ring (bicyclic) bond motifs is 4. The van der Waals surface area contributed by atoms with Gasteiger partial charge in [-0.1, -0.05) is 133 Å². The van der Waals surface area contributed by atoms with Gasteiger partial charge in [0, 0.05) is 33.4 Å². The predicted octanol–water partition coefficient (Wildman–Crippen LogP) is 13.7. The molecule has 0 unspecified atom stereocenters. The highest BCUT2D eigenvalue weighted by Gasteiger charge is 2.22. The first kappa shape index (κ1) is 31.9. The lowest BCUT2D eigenvalue weighted by Crippen LogP contribution is -1.98. The number of benzene rings is 8. The number of pyridine rings is 1. The Hall–Kier alpha value is -7.63. The van der Waals surface area contributed by atoms with Crippen LogP contribution in [0, 0.1) is 0 Å². The minimum Gasteiger partial charge on any atom is -0.436 e. The van der Waals surface area contributed by atoms with Crippen molar-refractivity contribution in [1.82, 2.24) is 15.0 Å². The van der Waals surface area contributed by atoms with Gasteiger partial charge in [0.15, 0.2) is 11.2 Å². The van der Waals surface area contributed by atoms with E-state index in [1.807, 2.05) is 60.7 Å². The highest BCUT2D eigenvalue weighted by Crippen LogP contribution is 2.44. The van der Waals surface area contributed by atoms with E-state index >= 15 is 0 Å². The summed E-state index contributed by atoms with van der Waals surface area (Å²) in [5.41, 5.74) is 12.8. The molecule has 8 aromatic carbocycles. The fourth-order valence-electron chi connectivity index (χ4n) is 7.88. The molecule has 11 rings (SSSR count). The highest BCUT2D eigenvalue weighted by molar-refractivity contribution is 6.05. The number of oxazole rings is 2. The van der Waals surface area contributed by atoms with Crippen LogP contribution in [0.15, 0.2) is 197 Å². The molecule has 0 saturated heterocycles. The average molecular weight is 718 g/mol. The molecule has 5 heteroatoms. The van der Waals surface area contributed by atoms with E-state index in [0.29, 0.717) is 11.8 Å². The summed E-state index contributed by atoms with van der Waals surface area (Å²) in [6.07, 6.45) is 0. The van der Waals surface area contributed by atoms with Crippen LogP contribution in [0.1, 0.15) is 0 Å². The third-order valence-corrected chi connectivity index (χ3v) is 10.5. The number of hydrogen-bond donors (Lipinski definition) is 0. The molecule has 0 spiro atoms. The zero-order chi connectivity index (χ0) is 37.0. The second-order valence-corrected chi connectivity index (χ2v) is 14.0. The first-order valence-electron chi connectivity index (χ1n) is 18.7. The van der Waals surface area contributed by atoms with Crippen LogP contribution in [0.25, 0.3) is 111 Å². The molecule has 0 atom stereocenters. The molecule has 0 aliphatic rings. The van der Waals surface area contributed by atoms with Gasteiger partial charge in [-0.2, -0.15) is 0 Å². The molecule has 0 bridgehead atoms. The number of hydrogen-bond acceptors (Lipinski definition) is 5. The molecular formula is C51H31N3O2. The Bertz CT molecular complexity index is 2990. The summed E-state index contributed by atoms with van der Waals surface area (Å²) in [6.45, 7) is 0. The second kappa shape index (κ2) is 13.0. The number of aromatic nitrogens is 3. The normalized spacial score (nSPS) is 11.6. The van der Waals surface area contributed by atoms with Crippen molar-refractivity contribution < 1.29 is 8.83 Å². The predicted molar refractivity (Wildman–Crippen MR) is 227 cm³/mol. The monoisotopic (exact) mass is 717 g/mol. The van der Waals surface area contributed by atoms with E-state index in [4.69, 9.17) is 23.8 Å². The third kappa shape index (κ3) is 5.45. The molecule has 5 nitrogen and oxygen atoms in total. The average Bonchev–Trinajstić information content (AvgIpc) is 3.91. The summed E-state index contributed by atoms with van der Waals surface area (Å²) in [7, 11) is 0. The Kier molecular flexibility index (Phi) is 7.42. The summed E-state index contributed by atoms with van der Waals surface area (Å²) in [5, 5.41) is 4.64. The molecule has 0 saturated carbocycles. The Morgan fingerprint density at radius 3 is 1.21 bits per heavy atom. The van der Waals surface area contributed by atoms with Gasteiger partial charge in [-0.3, -0.25) is 0 Å². The van der Waals surface area contributed by atoms with Crippen LogP contribution >= 0.6 is 0 Å². The van der Waals surface area contributed by atoms with Crippen molar-refractivity contribution in [1.29, 1.82) is 0 Å². The van der Waals surface area contributed by atoms with Gasteiger partial charge in [-0.15, -0.1) is 0 Å². The van der Waals surface area contributed by atoms with Gasteiger partial charge in [0.2, 0.25) is 11.8 Å². The zero-order valence-electron chi connectivity index (χ0n) is 30.1. The van der Waals surface area contributed by atoms with Gasteiger partial charge in [-0.05, 0) is 87.3 Å². The van der Waals surface area contributed by atoms with Crippen molar-refractivity contribution in [3.63, 3.8) is 0 Å². The Morgan fingerprint density at radius 1 is 0.304 bits per heavy atom. The SMILES string of the molecule is c1cc(-c2nc3ccccc3o2)cc(-c2nc(-c3cccc(-c4nc5ccccc5o4)c3)c(-c3cccc4ccccc34)cc2-c2cccc3ccccc23)c1. The zero-order valence-corrected chi connectivity index (χ0v) is 30.1. The molecule has 0 fully saturated rings. The Morgan fingerprint density at radius 2 is 0.714 bits per heavy atom. The van der Waals surface area contributed by atoms with Crippen LogP contribution in [0.3, 0.4) is 0 Å². The lowest BCUT2D eigenvalue weighted by atomic mass is 9.88. The first-order chi connectivity index (χ1) is 27.7. The molecule has 262 valence electrons. The molecule has 11 aromatic rings. The second-order valence-electron chi connectivity index (χ2n) is 14.0. The van der Waals surface area contributed by atoms with Crippen molar-refractivity contribution in [3.8, 4) is 67.7 Å². The van der Waals surface area contributed by atoms with Gasteiger partial charge in [0.05, 0.1) is 11.4 Å². The molecule has 0 N–H and O–H groups in total. The fraction of sp³-hybridized carbons (Fsp3) is 0. The molecule has 3 aromatic heterocycles. The Balaban J connectivity index is 1.20. The van der Waals surface area contributed by atoms with Crippen molar-refractivity contribution in [2.24, 2.45) is 0 Å². The van der Waals surface area contributed by atoms with Crippen molar-refractivity contribution in [2.75, 3.05) is 0 Å². The van der Waals surface area contributed by atoms with Crippen molar-refractivity contribution >= 4 is 43.7 Å². The summed E-state index contributed by atoms with van der Waals surface area (Å²) in [6, 6.07) is 64.9. The maximum Gasteiger partial charge on any atom is 0.227 e. The third-order valence-electron chi connectivity index (χ3n) is 10.5. The van der Waals surface area contributed by atoms with E-state index in [2.05, 4.69) is 127 Å². The van der Waals surface area contributed by atoms with Crippen LogP contribution in [-0.4, -0.2) is 15.0 Å². The lowest BCUT2D eigenvalue weighted by Gasteiger charge is -2.19.